The molecule has 0 aliphatic rings. The molecule has 0 aliphatic heterocycles. The number of hydrogen-bond acceptors (Lipinski definition) is 10. The number of pyridine rings is 1. The predicted octanol–water partition coefficient (Wildman–Crippen LogP) is 14.1. The van der Waals surface area contributed by atoms with Gasteiger partial charge >= 0.3 is 5.97 Å². The number of aromatic nitrogens is 3. The van der Waals surface area contributed by atoms with Crippen molar-refractivity contribution in [2.75, 3.05) is 31.3 Å². The van der Waals surface area contributed by atoms with Gasteiger partial charge in [-0.25, -0.2) is 9.78 Å². The Hall–Kier alpha value is -7.76. The zero-order valence-electron chi connectivity index (χ0n) is 39.0. The maximum atomic E-state index is 11.3. The first-order chi connectivity index (χ1) is 34.0. The van der Waals surface area contributed by atoms with Crippen molar-refractivity contribution in [1.82, 2.24) is 15.2 Å². The van der Waals surface area contributed by atoms with Gasteiger partial charge in [-0.2, -0.15) is 0 Å². The van der Waals surface area contributed by atoms with Gasteiger partial charge in [0.25, 0.3) is 0 Å². The third-order valence-electron chi connectivity index (χ3n) is 11.6. The summed E-state index contributed by atoms with van der Waals surface area (Å²) in [5.74, 6) is 1.88. The monoisotopic (exact) mass is 922 g/mol. The van der Waals surface area contributed by atoms with Crippen molar-refractivity contribution in [3.05, 3.63) is 187 Å². The number of carbonyl (C=O) groups is 1. The number of para-hydroxylation sites is 1. The van der Waals surface area contributed by atoms with E-state index in [9.17, 15) is 9.90 Å². The summed E-state index contributed by atoms with van der Waals surface area (Å²) in [7, 11) is 0. The molecule has 2 aromatic heterocycles. The number of ether oxygens (including phenoxy) is 4. The van der Waals surface area contributed by atoms with Crippen LogP contribution in [-0.2, 0) is 11.3 Å². The maximum absolute atomic E-state index is 11.3. The van der Waals surface area contributed by atoms with Crippen LogP contribution in [-0.4, -0.2) is 52.7 Å². The van der Waals surface area contributed by atoms with Gasteiger partial charge in [-0.3, -0.25) is 0 Å². The number of carboxylic acid groups (broad SMARTS) is 1. The van der Waals surface area contributed by atoms with Gasteiger partial charge in [0, 0.05) is 41.0 Å². The normalized spacial score (nSPS) is 11.0. The molecule has 0 fully saturated rings. The van der Waals surface area contributed by atoms with E-state index in [0.29, 0.717) is 44.0 Å². The summed E-state index contributed by atoms with van der Waals surface area (Å²) in [5, 5.41) is 17.7. The van der Waals surface area contributed by atoms with Crippen LogP contribution >= 0.6 is 0 Å². The second-order valence-corrected chi connectivity index (χ2v) is 16.8. The summed E-state index contributed by atoms with van der Waals surface area (Å²) in [5.41, 5.74) is 9.50. The highest BCUT2D eigenvalue weighted by molar-refractivity contribution is 5.88. The van der Waals surface area contributed by atoms with E-state index >= 15 is 0 Å². The highest BCUT2D eigenvalue weighted by Gasteiger charge is 2.15. The van der Waals surface area contributed by atoms with Crippen LogP contribution in [0.4, 0.5) is 17.1 Å². The minimum atomic E-state index is -1.09. The Labute approximate surface area is 404 Å². The fraction of sp³-hybridized carbons (Fsp3) is 0.241. The fourth-order valence-corrected chi connectivity index (χ4v) is 7.80. The number of hydrogen-bond donors (Lipinski definition) is 1. The molecule has 2 heterocycles. The molecular weight excluding hydrogens is 865 g/mol. The van der Waals surface area contributed by atoms with Crippen molar-refractivity contribution < 1.29 is 33.3 Å². The lowest BCUT2D eigenvalue weighted by molar-refractivity contribution is 0.0685. The molecule has 8 aromatic rings. The zero-order valence-corrected chi connectivity index (χ0v) is 39.0. The van der Waals surface area contributed by atoms with E-state index in [4.69, 9.17) is 23.4 Å². The highest BCUT2D eigenvalue weighted by Crippen LogP contribution is 2.36. The Morgan fingerprint density at radius 2 is 0.986 bits per heavy atom. The largest absolute Gasteiger partial charge is 0.494 e. The summed E-state index contributed by atoms with van der Waals surface area (Å²) in [6.45, 7) is 5.08. The van der Waals surface area contributed by atoms with Crippen LogP contribution in [0.3, 0.4) is 0 Å². The molecule has 0 bridgehead atoms. The van der Waals surface area contributed by atoms with Gasteiger partial charge in [-0.05, 0) is 166 Å². The summed E-state index contributed by atoms with van der Waals surface area (Å²) in [6, 6.07) is 55.1. The first-order valence-electron chi connectivity index (χ1n) is 23.8. The van der Waals surface area contributed by atoms with Crippen molar-refractivity contribution in [2.45, 2.75) is 64.9 Å². The molecule has 69 heavy (non-hydrogen) atoms. The molecule has 8 rings (SSSR count). The number of unbranched alkanes of at least 4 members (excludes halogenated alkanes) is 6. The molecule has 0 aliphatic carbocycles. The minimum Gasteiger partial charge on any atom is -0.494 e. The zero-order chi connectivity index (χ0) is 47.5. The van der Waals surface area contributed by atoms with E-state index in [1.54, 1.807) is 12.1 Å². The van der Waals surface area contributed by atoms with Gasteiger partial charge in [0.05, 0.1) is 26.4 Å². The molecule has 0 spiro atoms. The molecule has 0 saturated carbocycles. The lowest BCUT2D eigenvalue weighted by atomic mass is 10.0. The summed E-state index contributed by atoms with van der Waals surface area (Å²) in [4.78, 5) is 17.5. The number of aryl methyl sites for hydroxylation is 1. The molecule has 6 aromatic carbocycles. The SMILES string of the molecule is Cc1ccc(-c2nnc(-c3ccc(OCCCCCCOCc4ccc(N(c5ccccc5)c5ccc(-c6ccc(OCCCCCCOc7cccnc7C(=O)O)cc6)cc5)cc4)cc3)o2)cc1. The molecule has 0 amide bonds. The summed E-state index contributed by atoms with van der Waals surface area (Å²) >= 11 is 0. The molecule has 11 heteroatoms. The number of anilines is 3. The van der Waals surface area contributed by atoms with Gasteiger partial charge in [0.15, 0.2) is 11.4 Å². The standard InChI is InChI=1S/C58H58N4O7/c1-43-17-21-47(22-18-43)56-60-61-57(69-56)48-27-35-53(36-28-48)67-39-10-3-2-9-38-65-42-44-19-29-50(30-20-44)62(49-14-7-6-8-15-49)51-31-23-45(24-32-51)46-25-33-52(34-26-46)66-40-11-4-5-12-41-68-54-16-13-37-59-55(54)58(63)64/h6-8,13-37H,2-5,9-12,38-42H2,1H3,(H,63,64). The molecule has 1 N–H and O–H groups in total. The van der Waals surface area contributed by atoms with E-state index in [-0.39, 0.29) is 5.69 Å². The van der Waals surface area contributed by atoms with Crippen molar-refractivity contribution in [3.8, 4) is 51.3 Å². The van der Waals surface area contributed by atoms with Crippen molar-refractivity contribution >= 4 is 23.0 Å². The van der Waals surface area contributed by atoms with Gasteiger partial charge in [0.2, 0.25) is 11.8 Å². The van der Waals surface area contributed by atoms with Crippen molar-refractivity contribution in [3.63, 3.8) is 0 Å². The highest BCUT2D eigenvalue weighted by atomic mass is 16.5. The number of carboxylic acids is 1. The van der Waals surface area contributed by atoms with Crippen molar-refractivity contribution in [2.24, 2.45) is 0 Å². The van der Waals surface area contributed by atoms with Crippen LogP contribution in [0, 0.1) is 6.92 Å². The average molecular weight is 923 g/mol. The van der Waals surface area contributed by atoms with Gasteiger partial charge in [-0.1, -0.05) is 78.7 Å². The second kappa shape index (κ2) is 24.8. The fourth-order valence-electron chi connectivity index (χ4n) is 7.80. The Kier molecular flexibility index (Phi) is 17.2. The number of rotatable bonds is 26. The Morgan fingerprint density at radius 3 is 1.55 bits per heavy atom. The van der Waals surface area contributed by atoms with E-state index in [2.05, 4.69) is 105 Å². The topological polar surface area (TPSA) is 129 Å². The number of aromatic carboxylic acids is 1. The molecular formula is C58H58N4O7. The first kappa shape index (κ1) is 47.7. The summed E-state index contributed by atoms with van der Waals surface area (Å²) < 4.78 is 29.7. The Bertz CT molecular complexity index is 2780. The Balaban J connectivity index is 0.722. The number of nitrogens with zero attached hydrogens (tertiary/aromatic N) is 4. The lowest BCUT2D eigenvalue weighted by Crippen LogP contribution is -2.09. The van der Waals surface area contributed by atoms with E-state index in [0.717, 1.165) is 114 Å². The van der Waals surface area contributed by atoms with E-state index < -0.39 is 5.97 Å². The van der Waals surface area contributed by atoms with Gasteiger partial charge in [0.1, 0.15) is 11.5 Å². The quantitative estimate of drug-likeness (QED) is 0.0521. The van der Waals surface area contributed by atoms with Crippen LogP contribution < -0.4 is 19.1 Å². The predicted molar refractivity (Wildman–Crippen MR) is 271 cm³/mol. The molecule has 11 nitrogen and oxygen atoms in total. The van der Waals surface area contributed by atoms with Crippen LogP contribution in [0.25, 0.3) is 34.0 Å². The average Bonchev–Trinajstić information content (AvgIpc) is 3.89. The Morgan fingerprint density at radius 1 is 0.507 bits per heavy atom. The third kappa shape index (κ3) is 13.9. The molecule has 0 unspecified atom stereocenters. The van der Waals surface area contributed by atoms with Crippen LogP contribution in [0.1, 0.15) is 73.0 Å². The summed E-state index contributed by atoms with van der Waals surface area (Å²) in [6.07, 6.45) is 9.30. The second-order valence-electron chi connectivity index (χ2n) is 16.8. The minimum absolute atomic E-state index is 0.0571. The lowest BCUT2D eigenvalue weighted by Gasteiger charge is -2.26. The van der Waals surface area contributed by atoms with Crippen LogP contribution in [0.5, 0.6) is 17.2 Å². The molecule has 0 atom stereocenters. The van der Waals surface area contributed by atoms with E-state index in [1.165, 1.54) is 11.8 Å². The smallest absolute Gasteiger partial charge is 0.358 e. The van der Waals surface area contributed by atoms with Gasteiger partial charge in [-0.15, -0.1) is 10.2 Å². The molecule has 0 radical (unpaired) electrons. The van der Waals surface area contributed by atoms with E-state index in [1.807, 2.05) is 73.7 Å². The molecule has 0 saturated heterocycles. The van der Waals surface area contributed by atoms with Crippen molar-refractivity contribution in [1.29, 1.82) is 0 Å². The molecule has 352 valence electrons. The van der Waals surface area contributed by atoms with Crippen LogP contribution in [0.15, 0.2) is 174 Å². The number of benzene rings is 6. The maximum Gasteiger partial charge on any atom is 0.358 e. The third-order valence-corrected chi connectivity index (χ3v) is 11.6. The van der Waals surface area contributed by atoms with Gasteiger partial charge < -0.3 is 33.4 Å². The van der Waals surface area contributed by atoms with Crippen LogP contribution in [0.2, 0.25) is 0 Å². The first-order valence-corrected chi connectivity index (χ1v) is 23.8.